The third-order valence-electron chi connectivity index (χ3n) is 2.32. The molecule has 0 radical (unpaired) electrons. The van der Waals surface area contributed by atoms with Gasteiger partial charge in [-0.05, 0) is 44.0 Å². The van der Waals surface area contributed by atoms with E-state index in [0.717, 1.165) is 0 Å². The van der Waals surface area contributed by atoms with Crippen LogP contribution in [0.4, 0.5) is 13.2 Å². The maximum Gasteiger partial charge on any atom is 0.426 e. The van der Waals surface area contributed by atoms with E-state index >= 15 is 0 Å². The van der Waals surface area contributed by atoms with Gasteiger partial charge in [0.2, 0.25) is 6.10 Å². The molecule has 130 valence electrons. The molecule has 23 heavy (non-hydrogen) atoms. The van der Waals surface area contributed by atoms with Gasteiger partial charge in [-0.2, -0.15) is 21.6 Å². The van der Waals surface area contributed by atoms with E-state index in [9.17, 15) is 21.6 Å². The van der Waals surface area contributed by atoms with Gasteiger partial charge in [0.1, 0.15) is 23.9 Å². The van der Waals surface area contributed by atoms with E-state index in [1.807, 2.05) is 0 Å². The summed E-state index contributed by atoms with van der Waals surface area (Å²) in [5.41, 5.74) is 0. The third-order valence-corrected chi connectivity index (χ3v) is 4.22. The van der Waals surface area contributed by atoms with Crippen molar-refractivity contribution in [1.29, 1.82) is 0 Å². The second kappa shape index (κ2) is 7.86. The van der Waals surface area contributed by atoms with Crippen molar-refractivity contribution in [3.63, 3.8) is 0 Å². The minimum Gasteiger partial charge on any atom is -0.487 e. The number of halogens is 5. The van der Waals surface area contributed by atoms with Crippen LogP contribution in [0.3, 0.4) is 0 Å². The molecule has 0 heterocycles. The highest BCUT2D eigenvalue weighted by atomic mass is 79.9. The second-order valence-corrected chi connectivity index (χ2v) is 7.42. The molecule has 0 fully saturated rings. The van der Waals surface area contributed by atoms with Crippen LogP contribution in [0.1, 0.15) is 0 Å². The zero-order valence-corrected chi connectivity index (χ0v) is 15.3. The lowest BCUT2D eigenvalue weighted by Crippen LogP contribution is -2.40. The Bertz CT molecular complexity index is 653. The van der Waals surface area contributed by atoms with E-state index < -0.39 is 28.2 Å². The molecule has 0 aromatic heterocycles. The first-order valence-corrected chi connectivity index (χ1v) is 9.05. The normalized spacial score (nSPS) is 13.5. The zero-order chi connectivity index (χ0) is 17.8. The molecule has 0 amide bonds. The van der Waals surface area contributed by atoms with Crippen LogP contribution in [0.2, 0.25) is 0 Å². The van der Waals surface area contributed by atoms with Crippen molar-refractivity contribution in [3.05, 3.63) is 33.7 Å². The van der Waals surface area contributed by atoms with Crippen molar-refractivity contribution in [2.45, 2.75) is 12.3 Å². The van der Waals surface area contributed by atoms with E-state index in [2.05, 4.69) is 43.2 Å². The van der Waals surface area contributed by atoms with Gasteiger partial charge in [-0.1, -0.05) is 12.7 Å². The van der Waals surface area contributed by atoms with Gasteiger partial charge in [-0.25, -0.2) is 0 Å². The Hall–Kier alpha value is -0.780. The van der Waals surface area contributed by atoms with Crippen LogP contribution in [-0.2, 0) is 10.1 Å². The van der Waals surface area contributed by atoms with E-state index in [1.54, 1.807) is 0 Å². The zero-order valence-electron chi connectivity index (χ0n) is 11.3. The van der Waals surface area contributed by atoms with Gasteiger partial charge in [0.15, 0.2) is 0 Å². The summed E-state index contributed by atoms with van der Waals surface area (Å²) in [6, 6.07) is 2.37. The number of rotatable bonds is 7. The summed E-state index contributed by atoms with van der Waals surface area (Å²) in [7, 11) is -4.87. The Morgan fingerprint density at radius 2 is 1.83 bits per heavy atom. The van der Waals surface area contributed by atoms with Gasteiger partial charge in [0.05, 0.1) is 8.95 Å². The monoisotopic (exact) mass is 482 g/mol. The van der Waals surface area contributed by atoms with Gasteiger partial charge < -0.3 is 9.47 Å². The van der Waals surface area contributed by atoms with E-state index in [1.165, 1.54) is 18.2 Å². The van der Waals surface area contributed by atoms with Gasteiger partial charge in [-0.3, -0.25) is 4.55 Å². The maximum absolute atomic E-state index is 12.8. The van der Waals surface area contributed by atoms with Crippen LogP contribution >= 0.6 is 31.9 Å². The Morgan fingerprint density at radius 1 is 1.30 bits per heavy atom. The number of benzene rings is 1. The molecule has 5 nitrogen and oxygen atoms in total. The number of alkyl halides is 3. The fourth-order valence-electron chi connectivity index (χ4n) is 1.44. The van der Waals surface area contributed by atoms with Gasteiger partial charge in [-0.15, -0.1) is 0 Å². The molecule has 1 aromatic carbocycles. The van der Waals surface area contributed by atoms with Crippen LogP contribution in [0.5, 0.6) is 11.5 Å². The largest absolute Gasteiger partial charge is 0.487 e. The molecule has 1 unspecified atom stereocenters. The topological polar surface area (TPSA) is 72.8 Å². The highest BCUT2D eigenvalue weighted by molar-refractivity contribution is 9.11. The van der Waals surface area contributed by atoms with Crippen molar-refractivity contribution in [1.82, 2.24) is 0 Å². The van der Waals surface area contributed by atoms with Gasteiger partial charge >= 0.3 is 6.18 Å². The quantitative estimate of drug-likeness (QED) is 0.469. The molecule has 1 aromatic rings. The fourth-order valence-corrected chi connectivity index (χ4v) is 3.45. The Morgan fingerprint density at radius 3 is 2.22 bits per heavy atom. The molecular formula is C12H11Br2F3O5S. The molecule has 1 N–H and O–H groups in total. The van der Waals surface area contributed by atoms with E-state index in [-0.39, 0.29) is 21.3 Å². The van der Waals surface area contributed by atoms with Crippen molar-refractivity contribution < 1.29 is 35.6 Å². The predicted octanol–water partition coefficient (Wildman–Crippen LogP) is 3.97. The summed E-state index contributed by atoms with van der Waals surface area (Å²) in [6.45, 7) is 3.64. The minimum atomic E-state index is -4.98. The Labute approximate surface area is 147 Å². The lowest BCUT2D eigenvalue weighted by molar-refractivity contribution is -0.188. The highest BCUT2D eigenvalue weighted by Crippen LogP contribution is 2.38. The summed E-state index contributed by atoms with van der Waals surface area (Å²) in [5, 5.41) is 0. The smallest absolute Gasteiger partial charge is 0.426 e. The van der Waals surface area contributed by atoms with Gasteiger partial charge in [0.25, 0.3) is 10.1 Å². The molecule has 0 aliphatic heterocycles. The van der Waals surface area contributed by atoms with Crippen molar-refractivity contribution in [2.24, 2.45) is 0 Å². The number of ether oxygens (including phenoxy) is 2. The lowest BCUT2D eigenvalue weighted by Gasteiger charge is -2.21. The first kappa shape index (κ1) is 20.3. The molecule has 1 atom stereocenters. The van der Waals surface area contributed by atoms with E-state index in [0.29, 0.717) is 5.75 Å². The number of hydrogen-bond donors (Lipinski definition) is 1. The maximum atomic E-state index is 12.8. The summed E-state index contributed by atoms with van der Waals surface area (Å²) < 4.78 is 79.1. The van der Waals surface area contributed by atoms with Crippen LogP contribution in [0, 0.1) is 0 Å². The fraction of sp³-hybridized carbons (Fsp3) is 0.333. The third kappa shape index (κ3) is 6.69. The van der Waals surface area contributed by atoms with Crippen LogP contribution < -0.4 is 9.47 Å². The summed E-state index contributed by atoms with van der Waals surface area (Å²) in [5.74, 6) is -1.56. The highest BCUT2D eigenvalue weighted by Gasteiger charge is 2.44. The molecule has 0 saturated carbocycles. The van der Waals surface area contributed by atoms with Crippen molar-refractivity contribution >= 4 is 42.0 Å². The summed E-state index contributed by atoms with van der Waals surface area (Å²) >= 11 is 6.22. The second-order valence-electron chi connectivity index (χ2n) is 4.21. The molecule has 0 spiro atoms. The average molecular weight is 484 g/mol. The standard InChI is InChI=1S/C12H11Br2F3O5S/c1-2-3-21-11-8(13)4-7(5-9(11)14)22-10(12(15,16)17)6-23(18,19)20/h2,4-5,10H,1,3,6H2,(H,18,19,20). The van der Waals surface area contributed by atoms with Crippen LogP contribution in [-0.4, -0.2) is 37.6 Å². The van der Waals surface area contributed by atoms with Crippen LogP contribution in [0.15, 0.2) is 33.7 Å². The van der Waals surface area contributed by atoms with Gasteiger partial charge in [0, 0.05) is 0 Å². The molecule has 0 bridgehead atoms. The summed E-state index contributed by atoms with van der Waals surface area (Å²) in [6.07, 6.45) is -6.21. The molecular weight excluding hydrogens is 473 g/mol. The minimum absolute atomic E-state index is 0.172. The predicted molar refractivity (Wildman–Crippen MR) is 84.4 cm³/mol. The Kier molecular flexibility index (Phi) is 6.93. The van der Waals surface area contributed by atoms with Crippen molar-refractivity contribution in [2.75, 3.05) is 12.4 Å². The average Bonchev–Trinajstić information content (AvgIpc) is 2.34. The molecule has 0 saturated heterocycles. The first-order valence-electron chi connectivity index (χ1n) is 5.85. The first-order chi connectivity index (χ1) is 10.4. The molecule has 0 aliphatic rings. The Balaban J connectivity index is 3.08. The van der Waals surface area contributed by atoms with Crippen LogP contribution in [0.25, 0.3) is 0 Å². The molecule has 0 aliphatic carbocycles. The molecule has 11 heteroatoms. The SMILES string of the molecule is C=CCOc1c(Br)cc(OC(CS(=O)(=O)O)C(F)(F)F)cc1Br. The van der Waals surface area contributed by atoms with Crippen molar-refractivity contribution in [3.8, 4) is 11.5 Å². The lowest BCUT2D eigenvalue weighted by atomic mass is 10.3. The summed E-state index contributed by atoms with van der Waals surface area (Å²) in [4.78, 5) is 0. The number of hydrogen-bond acceptors (Lipinski definition) is 4. The van der Waals surface area contributed by atoms with E-state index in [4.69, 9.17) is 9.29 Å². The molecule has 1 rings (SSSR count).